The molecule has 0 aliphatic carbocycles. The SMILES string of the molecule is CN(Cc1noc(C(C)(C)C)n1)C(C)(C)C(=O)O. The van der Waals surface area contributed by atoms with Crippen LogP contribution in [0, 0.1) is 0 Å². The first-order valence-electron chi connectivity index (χ1n) is 5.83. The number of nitrogens with zero attached hydrogens (tertiary/aromatic N) is 3. The van der Waals surface area contributed by atoms with Crippen molar-refractivity contribution in [3.8, 4) is 0 Å². The average Bonchev–Trinajstić information content (AvgIpc) is 2.65. The second-order valence-corrected chi connectivity index (χ2v) is 5.99. The van der Waals surface area contributed by atoms with E-state index >= 15 is 0 Å². The van der Waals surface area contributed by atoms with Gasteiger partial charge in [0, 0.05) is 5.41 Å². The normalized spacial score (nSPS) is 13.1. The van der Waals surface area contributed by atoms with Gasteiger partial charge in [-0.05, 0) is 20.9 Å². The highest BCUT2D eigenvalue weighted by Crippen LogP contribution is 2.21. The molecular formula is C12H21N3O3. The van der Waals surface area contributed by atoms with E-state index in [-0.39, 0.29) is 5.41 Å². The summed E-state index contributed by atoms with van der Waals surface area (Å²) in [5.74, 6) is 0.167. The molecule has 6 nitrogen and oxygen atoms in total. The predicted molar refractivity (Wildman–Crippen MR) is 66.2 cm³/mol. The van der Waals surface area contributed by atoms with Gasteiger partial charge in [-0.15, -0.1) is 0 Å². The van der Waals surface area contributed by atoms with Crippen LogP contribution in [0.2, 0.25) is 0 Å². The summed E-state index contributed by atoms with van der Waals surface area (Å²) in [6.07, 6.45) is 0. The van der Waals surface area contributed by atoms with Crippen LogP contribution >= 0.6 is 0 Å². The maximum atomic E-state index is 11.1. The van der Waals surface area contributed by atoms with Gasteiger partial charge in [-0.25, -0.2) is 0 Å². The Morgan fingerprint density at radius 3 is 2.28 bits per heavy atom. The van der Waals surface area contributed by atoms with Crippen LogP contribution in [0.5, 0.6) is 0 Å². The van der Waals surface area contributed by atoms with Crippen molar-refractivity contribution in [2.75, 3.05) is 7.05 Å². The van der Waals surface area contributed by atoms with Gasteiger partial charge in [0.15, 0.2) is 5.82 Å². The molecule has 1 rings (SSSR count). The molecule has 1 N–H and O–H groups in total. The molecule has 0 aliphatic rings. The van der Waals surface area contributed by atoms with Crippen molar-refractivity contribution in [1.82, 2.24) is 15.0 Å². The van der Waals surface area contributed by atoms with E-state index in [1.165, 1.54) is 0 Å². The fourth-order valence-electron chi connectivity index (χ4n) is 1.20. The van der Waals surface area contributed by atoms with Gasteiger partial charge < -0.3 is 9.63 Å². The molecule has 0 radical (unpaired) electrons. The minimum atomic E-state index is -0.970. The fraction of sp³-hybridized carbons (Fsp3) is 0.750. The lowest BCUT2D eigenvalue weighted by molar-refractivity contribution is -0.148. The molecule has 0 aliphatic heterocycles. The highest BCUT2D eigenvalue weighted by atomic mass is 16.5. The molecule has 1 aromatic heterocycles. The van der Waals surface area contributed by atoms with Crippen LogP contribution in [-0.4, -0.2) is 38.7 Å². The Morgan fingerprint density at radius 2 is 1.89 bits per heavy atom. The van der Waals surface area contributed by atoms with Crippen LogP contribution in [0.15, 0.2) is 4.52 Å². The van der Waals surface area contributed by atoms with Crippen molar-refractivity contribution in [3.05, 3.63) is 11.7 Å². The van der Waals surface area contributed by atoms with Crippen LogP contribution in [0.25, 0.3) is 0 Å². The Hall–Kier alpha value is -1.43. The number of hydrogen-bond acceptors (Lipinski definition) is 5. The summed E-state index contributed by atoms with van der Waals surface area (Å²) in [5, 5.41) is 13.0. The van der Waals surface area contributed by atoms with Crippen LogP contribution < -0.4 is 0 Å². The molecule has 0 aromatic carbocycles. The highest BCUT2D eigenvalue weighted by Gasteiger charge is 2.33. The first-order chi connectivity index (χ1) is 8.05. The molecule has 0 saturated heterocycles. The molecule has 0 unspecified atom stereocenters. The second-order valence-electron chi connectivity index (χ2n) is 5.99. The van der Waals surface area contributed by atoms with Crippen LogP contribution in [0.1, 0.15) is 46.3 Å². The van der Waals surface area contributed by atoms with Gasteiger partial charge in [0.1, 0.15) is 5.54 Å². The largest absolute Gasteiger partial charge is 0.480 e. The summed E-state index contributed by atoms with van der Waals surface area (Å²) in [5.41, 5.74) is -1.17. The van der Waals surface area contributed by atoms with Gasteiger partial charge in [-0.2, -0.15) is 4.98 Å². The van der Waals surface area contributed by atoms with Gasteiger partial charge in [0.2, 0.25) is 5.89 Å². The molecule has 0 amide bonds. The number of carboxylic acids is 1. The minimum absolute atomic E-state index is 0.202. The summed E-state index contributed by atoms with van der Waals surface area (Å²) >= 11 is 0. The van der Waals surface area contributed by atoms with E-state index in [0.717, 1.165) is 0 Å². The monoisotopic (exact) mass is 255 g/mol. The van der Waals surface area contributed by atoms with E-state index in [9.17, 15) is 4.79 Å². The van der Waals surface area contributed by atoms with Crippen molar-refractivity contribution in [2.24, 2.45) is 0 Å². The summed E-state index contributed by atoms with van der Waals surface area (Å²) in [4.78, 5) is 17.1. The number of carboxylic acid groups (broad SMARTS) is 1. The number of hydrogen-bond donors (Lipinski definition) is 1. The van der Waals surface area contributed by atoms with E-state index < -0.39 is 11.5 Å². The van der Waals surface area contributed by atoms with E-state index in [1.807, 2.05) is 20.8 Å². The fourth-order valence-corrected chi connectivity index (χ4v) is 1.20. The van der Waals surface area contributed by atoms with Gasteiger partial charge >= 0.3 is 5.97 Å². The van der Waals surface area contributed by atoms with E-state index in [4.69, 9.17) is 9.63 Å². The molecule has 0 fully saturated rings. The zero-order valence-corrected chi connectivity index (χ0v) is 11.8. The zero-order valence-electron chi connectivity index (χ0n) is 11.8. The predicted octanol–water partition coefficient (Wildman–Crippen LogP) is 1.66. The number of aliphatic carboxylic acids is 1. The Kier molecular flexibility index (Phi) is 3.81. The Bertz CT molecular complexity index is 432. The van der Waals surface area contributed by atoms with E-state index in [0.29, 0.717) is 18.3 Å². The molecule has 1 heterocycles. The zero-order chi connectivity index (χ0) is 14.1. The van der Waals surface area contributed by atoms with Crippen molar-refractivity contribution < 1.29 is 14.4 Å². The molecule has 1 aromatic rings. The standard InChI is InChI=1S/C12H21N3O3/c1-11(2,3)9-13-8(14-18-9)7-15(6)12(4,5)10(16)17/h7H2,1-6H3,(H,16,17). The molecule has 0 saturated carbocycles. The molecule has 0 spiro atoms. The second kappa shape index (κ2) is 4.68. The number of aromatic nitrogens is 2. The maximum Gasteiger partial charge on any atom is 0.323 e. The van der Waals surface area contributed by atoms with Crippen molar-refractivity contribution in [3.63, 3.8) is 0 Å². The van der Waals surface area contributed by atoms with Crippen LogP contribution in [0.3, 0.4) is 0 Å². The van der Waals surface area contributed by atoms with Gasteiger partial charge in [0.25, 0.3) is 0 Å². The molecule has 0 atom stereocenters. The number of carbonyl (C=O) groups is 1. The van der Waals surface area contributed by atoms with Crippen molar-refractivity contribution in [2.45, 2.75) is 52.1 Å². The Morgan fingerprint density at radius 1 is 1.33 bits per heavy atom. The first-order valence-corrected chi connectivity index (χ1v) is 5.83. The molecule has 102 valence electrons. The molecule has 18 heavy (non-hydrogen) atoms. The summed E-state index contributed by atoms with van der Waals surface area (Å²) in [6, 6.07) is 0. The van der Waals surface area contributed by atoms with E-state index in [2.05, 4.69) is 10.1 Å². The van der Waals surface area contributed by atoms with E-state index in [1.54, 1.807) is 25.8 Å². The average molecular weight is 255 g/mol. The minimum Gasteiger partial charge on any atom is -0.480 e. The highest BCUT2D eigenvalue weighted by molar-refractivity contribution is 5.77. The van der Waals surface area contributed by atoms with Gasteiger partial charge in [0.05, 0.1) is 6.54 Å². The third-order valence-electron chi connectivity index (χ3n) is 2.97. The van der Waals surface area contributed by atoms with Gasteiger partial charge in [-0.1, -0.05) is 25.9 Å². The summed E-state index contributed by atoms with van der Waals surface area (Å²) < 4.78 is 5.17. The van der Waals surface area contributed by atoms with Crippen molar-refractivity contribution >= 4 is 5.97 Å². The third kappa shape index (κ3) is 3.07. The van der Waals surface area contributed by atoms with Crippen molar-refractivity contribution in [1.29, 1.82) is 0 Å². The summed E-state index contributed by atoms with van der Waals surface area (Å²) in [6.45, 7) is 9.55. The topological polar surface area (TPSA) is 79.5 Å². The third-order valence-corrected chi connectivity index (χ3v) is 2.97. The molecule has 6 heteroatoms. The Balaban J connectivity index is 2.80. The first kappa shape index (κ1) is 14.6. The Labute approximate surface area is 107 Å². The lowest BCUT2D eigenvalue weighted by Crippen LogP contribution is -2.47. The summed E-state index contributed by atoms with van der Waals surface area (Å²) in [7, 11) is 1.72. The van der Waals surface area contributed by atoms with Crippen LogP contribution in [-0.2, 0) is 16.8 Å². The van der Waals surface area contributed by atoms with Crippen LogP contribution in [0.4, 0.5) is 0 Å². The van der Waals surface area contributed by atoms with Gasteiger partial charge in [-0.3, -0.25) is 9.69 Å². The maximum absolute atomic E-state index is 11.1. The number of likely N-dealkylation sites (N-methyl/N-ethyl adjacent to an activating group) is 1. The quantitative estimate of drug-likeness (QED) is 0.881. The molecular weight excluding hydrogens is 234 g/mol. The molecule has 0 bridgehead atoms. The smallest absolute Gasteiger partial charge is 0.323 e. The number of rotatable bonds is 4. The lowest BCUT2D eigenvalue weighted by atomic mass is 9.97. The lowest BCUT2D eigenvalue weighted by Gasteiger charge is -2.30.